The summed E-state index contributed by atoms with van der Waals surface area (Å²) in [5, 5.41) is -0.193. The monoisotopic (exact) mass is 131 g/mol. The molecule has 0 N–H and O–H groups in total. The molecule has 0 aliphatic carbocycles. The van der Waals surface area contributed by atoms with Gasteiger partial charge in [0.15, 0.2) is 5.13 Å². The van der Waals surface area contributed by atoms with Crippen molar-refractivity contribution in [3.63, 3.8) is 0 Å². The summed E-state index contributed by atoms with van der Waals surface area (Å²) in [6.07, 6.45) is 0.820. The van der Waals surface area contributed by atoms with Crippen molar-refractivity contribution in [1.29, 1.82) is 0 Å². The van der Waals surface area contributed by atoms with Gasteiger partial charge in [0.2, 0.25) is 0 Å². The highest BCUT2D eigenvalue weighted by Gasteiger charge is 1.94. The lowest BCUT2D eigenvalue weighted by Crippen LogP contribution is -1.73. The molecular weight excluding hydrogens is 125 g/mol. The molecule has 1 nitrogen and oxygen atoms in total. The molecule has 0 radical (unpaired) electrons. The third-order valence-electron chi connectivity index (χ3n) is 0.892. The average molecular weight is 131 g/mol. The molecule has 3 heteroatoms. The normalized spacial score (nSPS) is 9.75. The summed E-state index contributed by atoms with van der Waals surface area (Å²) >= 11 is 0.912. The maximum Gasteiger partial charge on any atom is 0.195 e. The Labute approximate surface area is 51.3 Å². The van der Waals surface area contributed by atoms with Gasteiger partial charge in [0.05, 0.1) is 5.69 Å². The fourth-order valence-corrected chi connectivity index (χ4v) is 1.03. The van der Waals surface area contributed by atoms with Gasteiger partial charge in [-0.25, -0.2) is 0 Å². The lowest BCUT2D eigenvalue weighted by Gasteiger charge is -1.76. The van der Waals surface area contributed by atoms with Crippen molar-refractivity contribution in [3.05, 3.63) is 16.9 Å². The number of aromatic nitrogens is 1. The molecule has 0 atom stereocenters. The lowest BCUT2D eigenvalue weighted by molar-refractivity contribution is 0.656. The fraction of sp³-hybridized carbons (Fsp3) is 0.400. The van der Waals surface area contributed by atoms with Crippen LogP contribution < -0.4 is 0 Å². The molecule has 1 aromatic heterocycles. The molecule has 1 heterocycles. The van der Waals surface area contributed by atoms with E-state index in [1.807, 2.05) is 6.92 Å². The Morgan fingerprint density at radius 2 is 2.62 bits per heavy atom. The van der Waals surface area contributed by atoms with Gasteiger partial charge in [-0.15, -0.1) is 0 Å². The molecule has 0 spiro atoms. The molecule has 8 heavy (non-hydrogen) atoms. The topological polar surface area (TPSA) is 12.9 Å². The lowest BCUT2D eigenvalue weighted by atomic mass is 10.3. The summed E-state index contributed by atoms with van der Waals surface area (Å²) in [5.74, 6) is 0. The Balaban J connectivity index is 2.84. The average Bonchev–Trinajstić information content (AvgIpc) is 2.14. The van der Waals surface area contributed by atoms with Gasteiger partial charge in [0.25, 0.3) is 0 Å². The maximum absolute atomic E-state index is 12.1. The Bertz CT molecular complexity index is 173. The molecular formula is C5H6FNS. The van der Waals surface area contributed by atoms with Crippen LogP contribution in [0.25, 0.3) is 0 Å². The number of aryl methyl sites for hydroxylation is 1. The highest BCUT2D eigenvalue weighted by Crippen LogP contribution is 2.06. The van der Waals surface area contributed by atoms with Crippen LogP contribution in [0.15, 0.2) is 6.07 Å². The zero-order valence-corrected chi connectivity index (χ0v) is 5.33. The van der Waals surface area contributed by atoms with E-state index in [4.69, 9.17) is 0 Å². The van der Waals surface area contributed by atoms with Crippen LogP contribution in [0.2, 0.25) is 0 Å². The van der Waals surface area contributed by atoms with Gasteiger partial charge in [0, 0.05) is 6.07 Å². The van der Waals surface area contributed by atoms with Gasteiger partial charge in [-0.05, 0) is 18.0 Å². The number of hydrogen-bond donors (Lipinski definition) is 0. The molecule has 0 saturated heterocycles. The fourth-order valence-electron chi connectivity index (χ4n) is 0.453. The second kappa shape index (κ2) is 2.22. The minimum Gasteiger partial charge on any atom is -0.195 e. The number of nitrogens with zero attached hydrogens (tertiary/aromatic N) is 1. The van der Waals surface area contributed by atoms with Gasteiger partial charge in [0.1, 0.15) is 0 Å². The smallest absolute Gasteiger partial charge is 0.195 e. The van der Waals surface area contributed by atoms with Crippen molar-refractivity contribution < 1.29 is 4.39 Å². The highest BCUT2D eigenvalue weighted by atomic mass is 32.1. The SMILES string of the molecule is CCc1cc(F)sn1. The number of halogens is 1. The number of hydrogen-bond acceptors (Lipinski definition) is 2. The molecule has 0 unspecified atom stereocenters. The van der Waals surface area contributed by atoms with E-state index < -0.39 is 0 Å². The molecule has 44 valence electrons. The molecule has 0 aromatic carbocycles. The van der Waals surface area contributed by atoms with Crippen LogP contribution in [0.3, 0.4) is 0 Å². The molecule has 1 rings (SSSR count). The van der Waals surface area contributed by atoms with Crippen LogP contribution in [0.1, 0.15) is 12.6 Å². The summed E-state index contributed by atoms with van der Waals surface area (Å²) < 4.78 is 15.9. The molecule has 0 aliphatic rings. The third-order valence-corrected chi connectivity index (χ3v) is 1.51. The minimum absolute atomic E-state index is 0.193. The molecule has 0 aliphatic heterocycles. The highest BCUT2D eigenvalue weighted by molar-refractivity contribution is 7.04. The van der Waals surface area contributed by atoms with Crippen molar-refractivity contribution in [1.82, 2.24) is 4.37 Å². The van der Waals surface area contributed by atoms with Crippen molar-refractivity contribution >= 4 is 11.5 Å². The second-order valence-corrected chi connectivity index (χ2v) is 2.23. The predicted molar refractivity (Wildman–Crippen MR) is 31.4 cm³/mol. The van der Waals surface area contributed by atoms with Crippen LogP contribution in [-0.4, -0.2) is 4.37 Å². The van der Waals surface area contributed by atoms with E-state index in [1.54, 1.807) is 0 Å². The minimum atomic E-state index is -0.193. The second-order valence-electron chi connectivity index (χ2n) is 1.48. The van der Waals surface area contributed by atoms with Gasteiger partial charge < -0.3 is 0 Å². The summed E-state index contributed by atoms with van der Waals surface area (Å²) in [4.78, 5) is 0. The van der Waals surface area contributed by atoms with E-state index >= 15 is 0 Å². The van der Waals surface area contributed by atoms with Crippen LogP contribution in [0.5, 0.6) is 0 Å². The van der Waals surface area contributed by atoms with Gasteiger partial charge in [-0.3, -0.25) is 0 Å². The van der Waals surface area contributed by atoms with E-state index in [9.17, 15) is 4.39 Å². The van der Waals surface area contributed by atoms with Gasteiger partial charge in [-0.1, -0.05) is 6.92 Å². The Morgan fingerprint density at radius 3 is 2.88 bits per heavy atom. The first-order chi connectivity index (χ1) is 3.83. The predicted octanol–water partition coefficient (Wildman–Crippen LogP) is 1.84. The molecule has 0 fully saturated rings. The van der Waals surface area contributed by atoms with Crippen molar-refractivity contribution in [2.75, 3.05) is 0 Å². The summed E-state index contributed by atoms with van der Waals surface area (Å²) in [6.45, 7) is 1.95. The van der Waals surface area contributed by atoms with Crippen molar-refractivity contribution in [2.24, 2.45) is 0 Å². The van der Waals surface area contributed by atoms with Crippen LogP contribution in [-0.2, 0) is 6.42 Å². The van der Waals surface area contributed by atoms with E-state index in [1.165, 1.54) is 6.07 Å². The first-order valence-electron chi connectivity index (χ1n) is 2.44. The van der Waals surface area contributed by atoms with Crippen LogP contribution in [0.4, 0.5) is 4.39 Å². The van der Waals surface area contributed by atoms with Crippen LogP contribution in [0, 0.1) is 5.13 Å². The summed E-state index contributed by atoms with van der Waals surface area (Å²) in [6, 6.07) is 1.46. The first-order valence-corrected chi connectivity index (χ1v) is 3.21. The standard InChI is InChI=1S/C5H6FNS/c1-2-4-3-5(6)8-7-4/h3H,2H2,1H3. The zero-order valence-electron chi connectivity index (χ0n) is 4.52. The molecule has 0 bridgehead atoms. The Morgan fingerprint density at radius 1 is 1.88 bits per heavy atom. The van der Waals surface area contributed by atoms with E-state index in [0.717, 1.165) is 23.6 Å². The summed E-state index contributed by atoms with van der Waals surface area (Å²) in [7, 11) is 0. The molecule has 1 aromatic rings. The van der Waals surface area contributed by atoms with E-state index in [-0.39, 0.29) is 5.13 Å². The first kappa shape index (κ1) is 5.69. The van der Waals surface area contributed by atoms with Gasteiger partial charge in [-0.2, -0.15) is 8.76 Å². The van der Waals surface area contributed by atoms with Crippen LogP contribution >= 0.6 is 11.5 Å². The Kier molecular flexibility index (Phi) is 1.58. The number of rotatable bonds is 1. The molecule has 0 amide bonds. The van der Waals surface area contributed by atoms with Crippen molar-refractivity contribution in [3.8, 4) is 0 Å². The summed E-state index contributed by atoms with van der Waals surface area (Å²) in [5.41, 5.74) is 0.840. The molecule has 0 saturated carbocycles. The van der Waals surface area contributed by atoms with E-state index in [2.05, 4.69) is 4.37 Å². The van der Waals surface area contributed by atoms with Crippen molar-refractivity contribution in [2.45, 2.75) is 13.3 Å². The third kappa shape index (κ3) is 1.04. The van der Waals surface area contributed by atoms with E-state index in [0.29, 0.717) is 0 Å². The zero-order chi connectivity index (χ0) is 5.98. The Hall–Kier alpha value is -0.440. The van der Waals surface area contributed by atoms with Gasteiger partial charge >= 0.3 is 0 Å². The quantitative estimate of drug-likeness (QED) is 0.566. The maximum atomic E-state index is 12.1. The largest absolute Gasteiger partial charge is 0.195 e.